The normalized spacial score (nSPS) is 22.2. The zero-order valence-corrected chi connectivity index (χ0v) is 29.3. The van der Waals surface area contributed by atoms with Crippen molar-refractivity contribution < 1.29 is 22.3 Å². The van der Waals surface area contributed by atoms with Gasteiger partial charge in [-0.2, -0.15) is 28.4 Å². The number of aromatic amines is 1. The number of ether oxygens (including phenoxy) is 1. The summed E-state index contributed by atoms with van der Waals surface area (Å²) in [5.41, 5.74) is 6.46. The Bertz CT molecular complexity index is 2070. The molecule has 1 spiro atoms. The second kappa shape index (κ2) is 12.4. The number of nitrogens with one attached hydrogen (secondary N) is 1. The minimum Gasteiger partial charge on any atom is -0.461 e. The molecule has 1 aromatic carbocycles. The van der Waals surface area contributed by atoms with Crippen LogP contribution >= 0.6 is 23.1 Å². The highest BCUT2D eigenvalue weighted by molar-refractivity contribution is 8.00. The van der Waals surface area contributed by atoms with Crippen molar-refractivity contribution in [2.75, 3.05) is 55.4 Å². The molecule has 4 aliphatic heterocycles. The average Bonchev–Trinajstić information content (AvgIpc) is 3.85. The van der Waals surface area contributed by atoms with Gasteiger partial charge in [0.1, 0.15) is 29.4 Å². The summed E-state index contributed by atoms with van der Waals surface area (Å²) < 4.78 is 67.3. The molecule has 0 radical (unpaired) electrons. The predicted molar refractivity (Wildman–Crippen MR) is 187 cm³/mol. The minimum absolute atomic E-state index is 0.0340. The zero-order chi connectivity index (χ0) is 35.7. The molecule has 4 aliphatic rings. The molecule has 4 aromatic rings. The number of H-pyrrole nitrogens is 1. The molecule has 2 atom stereocenters. The van der Waals surface area contributed by atoms with Gasteiger partial charge in [0.05, 0.1) is 34.5 Å². The van der Waals surface area contributed by atoms with Crippen molar-refractivity contribution in [1.82, 2.24) is 24.6 Å². The van der Waals surface area contributed by atoms with E-state index in [2.05, 4.69) is 26.0 Å². The van der Waals surface area contributed by atoms with Crippen LogP contribution < -0.4 is 25.8 Å². The van der Waals surface area contributed by atoms with E-state index in [1.54, 1.807) is 27.5 Å². The number of alkyl halides is 4. The first-order valence-electron chi connectivity index (χ1n) is 16.6. The van der Waals surface area contributed by atoms with Crippen molar-refractivity contribution in [1.29, 1.82) is 5.26 Å². The summed E-state index contributed by atoms with van der Waals surface area (Å²) in [5.74, 6) is -0.168. The van der Waals surface area contributed by atoms with Gasteiger partial charge < -0.3 is 20.3 Å². The number of anilines is 3. The fourth-order valence-electron chi connectivity index (χ4n) is 8.12. The largest absolute Gasteiger partial charge is 0.461 e. The summed E-state index contributed by atoms with van der Waals surface area (Å²) >= 11 is 2.93. The molecule has 3 aromatic heterocycles. The number of thioether (sulfide) groups is 1. The molecular weight excluding hydrogens is 707 g/mol. The first kappa shape index (κ1) is 33.9. The number of halogens is 4. The lowest BCUT2D eigenvalue weighted by atomic mass is 9.88. The van der Waals surface area contributed by atoms with Crippen LogP contribution in [0.4, 0.5) is 34.2 Å². The first-order chi connectivity index (χ1) is 24.4. The Labute approximate surface area is 299 Å². The van der Waals surface area contributed by atoms with Crippen molar-refractivity contribution in [3.63, 3.8) is 0 Å². The van der Waals surface area contributed by atoms with Gasteiger partial charge in [-0.05, 0) is 24.9 Å². The van der Waals surface area contributed by atoms with Crippen LogP contribution in [0.2, 0.25) is 0 Å². The van der Waals surface area contributed by atoms with Gasteiger partial charge in [-0.25, -0.2) is 4.39 Å². The SMILES string of the molecule is CN(Cc1cn(Cc2ccccc2)[nH]c1=O)c1nc(OC[C@@]23CCCN2C[C@H](F)C3)nc(N2CC3(C2)SCc2sc(N)c(C#N)c23)c1C(F)(F)F. The van der Waals surface area contributed by atoms with Crippen LogP contribution in [0.1, 0.15) is 52.0 Å². The number of thiophene rings is 1. The van der Waals surface area contributed by atoms with Crippen LogP contribution in [0.15, 0.2) is 41.3 Å². The number of aromatic nitrogens is 4. The van der Waals surface area contributed by atoms with Crippen molar-refractivity contribution in [2.24, 2.45) is 0 Å². The van der Waals surface area contributed by atoms with Crippen molar-refractivity contribution in [3.05, 3.63) is 79.6 Å². The third-order valence-electron chi connectivity index (χ3n) is 10.4. The van der Waals surface area contributed by atoms with Crippen LogP contribution in [-0.2, 0) is 29.8 Å². The van der Waals surface area contributed by atoms with Crippen molar-refractivity contribution in [3.8, 4) is 12.1 Å². The third kappa shape index (κ3) is 5.90. The van der Waals surface area contributed by atoms with Crippen molar-refractivity contribution in [2.45, 2.75) is 60.7 Å². The summed E-state index contributed by atoms with van der Waals surface area (Å²) in [6.45, 7) is 1.59. The lowest BCUT2D eigenvalue weighted by molar-refractivity contribution is -0.137. The standard InChI is InChI=1S/C34H35F4N9O2S2/c1-44(13-21-14-47(43-30(21)48)12-20-6-3-2-4-7-20)28-26(34(36,37)38)29(42-31(41-28)49-19-32-8-5-9-46(32)15-22(35)10-32)45-17-33(18-45)25-23(11-39)27(40)51-24(25)16-50-33/h2-4,6-7,14,22H,5,8-10,12-13,15-19,40H2,1H3,(H,43,48)/t22-,32+/m1/s1. The lowest BCUT2D eigenvalue weighted by Gasteiger charge is -2.49. The predicted octanol–water partition coefficient (Wildman–Crippen LogP) is 5.10. The number of nitrogens with zero attached hydrogens (tertiary/aromatic N) is 7. The van der Waals surface area contributed by atoms with Crippen LogP contribution in [0.3, 0.4) is 0 Å². The quantitative estimate of drug-likeness (QED) is 0.224. The molecule has 0 unspecified atom stereocenters. The second-order valence-electron chi connectivity index (χ2n) is 13.8. The van der Waals surface area contributed by atoms with Gasteiger partial charge in [0.25, 0.3) is 5.56 Å². The van der Waals surface area contributed by atoms with Crippen LogP contribution in [0, 0.1) is 11.3 Å². The van der Waals surface area contributed by atoms with E-state index in [-0.39, 0.29) is 50.1 Å². The zero-order valence-electron chi connectivity index (χ0n) is 27.7. The van der Waals surface area contributed by atoms with Crippen molar-refractivity contribution >= 4 is 39.7 Å². The molecule has 11 nitrogen and oxygen atoms in total. The summed E-state index contributed by atoms with van der Waals surface area (Å²) in [6, 6.07) is 11.4. The highest BCUT2D eigenvalue weighted by atomic mass is 32.2. The van der Waals surface area contributed by atoms with Gasteiger partial charge in [-0.1, -0.05) is 30.3 Å². The Kier molecular flexibility index (Phi) is 8.26. The number of nitrogen functional groups attached to an aromatic ring is 1. The molecule has 0 aliphatic carbocycles. The monoisotopic (exact) mass is 741 g/mol. The number of nitriles is 1. The van der Waals surface area contributed by atoms with E-state index in [0.29, 0.717) is 35.8 Å². The number of hydrogen-bond acceptors (Lipinski definition) is 11. The molecule has 3 fully saturated rings. The molecule has 268 valence electrons. The molecule has 17 heteroatoms. The highest BCUT2D eigenvalue weighted by Gasteiger charge is 2.55. The molecule has 7 heterocycles. The minimum atomic E-state index is -4.88. The highest BCUT2D eigenvalue weighted by Crippen LogP contribution is 2.59. The fourth-order valence-corrected chi connectivity index (χ4v) is 10.9. The van der Waals surface area contributed by atoms with Gasteiger partial charge in [0, 0.05) is 55.5 Å². The molecule has 51 heavy (non-hydrogen) atoms. The topological polar surface area (TPSA) is 132 Å². The first-order valence-corrected chi connectivity index (χ1v) is 18.4. The Morgan fingerprint density at radius 2 is 2.02 bits per heavy atom. The van der Waals surface area contributed by atoms with E-state index in [1.165, 1.54) is 23.3 Å². The van der Waals surface area contributed by atoms with Gasteiger partial charge in [0.15, 0.2) is 11.6 Å². The average molecular weight is 742 g/mol. The maximum atomic E-state index is 15.2. The number of fused-ring (bicyclic) bond motifs is 3. The van der Waals surface area contributed by atoms with Crippen LogP contribution in [0.5, 0.6) is 6.01 Å². The maximum absolute atomic E-state index is 15.2. The smallest absolute Gasteiger partial charge is 0.423 e. The van der Waals surface area contributed by atoms with Crippen LogP contribution in [0.25, 0.3) is 0 Å². The molecule has 3 saturated heterocycles. The molecule has 3 N–H and O–H groups in total. The molecular formula is C34H35F4N9O2S2. The Hall–Kier alpha value is -4.27. The Morgan fingerprint density at radius 3 is 2.76 bits per heavy atom. The summed E-state index contributed by atoms with van der Waals surface area (Å²) in [7, 11) is 1.45. The number of benzene rings is 1. The third-order valence-corrected chi connectivity index (χ3v) is 13.1. The molecule has 0 bridgehead atoms. The lowest BCUT2D eigenvalue weighted by Crippen LogP contribution is -2.57. The summed E-state index contributed by atoms with van der Waals surface area (Å²) in [4.78, 5) is 27.6. The van der Waals surface area contributed by atoms with E-state index < -0.39 is 39.6 Å². The number of hydrogen-bond donors (Lipinski definition) is 2. The molecule has 0 saturated carbocycles. The Morgan fingerprint density at radius 1 is 1.24 bits per heavy atom. The molecule has 8 rings (SSSR count). The number of rotatable bonds is 9. The van der Waals surface area contributed by atoms with Gasteiger partial charge >= 0.3 is 12.2 Å². The fraction of sp³-hybridized carbons (Fsp3) is 0.471. The maximum Gasteiger partial charge on any atom is 0.423 e. The van der Waals surface area contributed by atoms with Gasteiger partial charge in [-0.3, -0.25) is 19.5 Å². The van der Waals surface area contributed by atoms with Gasteiger partial charge in [-0.15, -0.1) is 23.1 Å². The number of nitrogens with two attached hydrogens (primary N) is 1. The van der Waals surface area contributed by atoms with E-state index in [1.807, 2.05) is 30.3 Å². The Balaban J connectivity index is 1.14. The molecule has 0 amide bonds. The van der Waals surface area contributed by atoms with E-state index in [0.717, 1.165) is 29.0 Å². The van der Waals surface area contributed by atoms with Gasteiger partial charge in [0.2, 0.25) is 0 Å². The van der Waals surface area contributed by atoms with E-state index >= 15 is 13.2 Å². The summed E-state index contributed by atoms with van der Waals surface area (Å²) in [5, 5.41) is 13.0. The van der Waals surface area contributed by atoms with E-state index in [4.69, 9.17) is 10.5 Å². The second-order valence-corrected chi connectivity index (χ2v) is 16.3. The van der Waals surface area contributed by atoms with Crippen LogP contribution in [-0.4, -0.2) is 76.2 Å². The summed E-state index contributed by atoms with van der Waals surface area (Å²) in [6.07, 6.45) is -2.45. The van der Waals surface area contributed by atoms with E-state index in [9.17, 15) is 14.4 Å².